The molecule has 0 aliphatic rings. The first kappa shape index (κ1) is 30.6. The third-order valence-electron chi connectivity index (χ3n) is 6.68. The number of carbonyl (C=O) groups excluding carboxylic acids is 2. The number of oxime groups is 2. The summed E-state index contributed by atoms with van der Waals surface area (Å²) in [5, 5.41) is 9.01. The monoisotopic (exact) mass is 585 g/mol. The van der Waals surface area contributed by atoms with E-state index in [0.29, 0.717) is 27.6 Å². The molecule has 1 aromatic heterocycles. The lowest BCUT2D eigenvalue weighted by atomic mass is 10.0. The lowest BCUT2D eigenvalue weighted by molar-refractivity contribution is -0.141. The molecular weight excluding hydrogens is 550 g/mol. The van der Waals surface area contributed by atoms with Crippen LogP contribution in [-0.2, 0) is 30.1 Å². The Bertz CT molecular complexity index is 1640. The van der Waals surface area contributed by atoms with Crippen molar-refractivity contribution in [3.63, 3.8) is 0 Å². The van der Waals surface area contributed by atoms with Gasteiger partial charge < -0.3 is 14.2 Å². The van der Waals surface area contributed by atoms with Crippen molar-refractivity contribution in [3.8, 4) is 5.69 Å². The average Bonchev–Trinajstić information content (AvgIpc) is 3.38. The summed E-state index contributed by atoms with van der Waals surface area (Å²) < 4.78 is 15.5. The molecule has 218 valence electrons. The highest BCUT2D eigenvalue weighted by Gasteiger charge is 2.18. The zero-order chi connectivity index (χ0) is 30.1. The molecule has 1 unspecified atom stereocenters. The minimum absolute atomic E-state index is 0.481. The van der Waals surface area contributed by atoms with Gasteiger partial charge in [-0.3, -0.25) is 0 Å². The topological polar surface area (TPSA) is 99.3 Å². The van der Waals surface area contributed by atoms with Crippen LogP contribution in [0.25, 0.3) is 16.6 Å². The molecule has 0 fully saturated rings. The van der Waals surface area contributed by atoms with Crippen molar-refractivity contribution in [3.05, 3.63) is 90.1 Å². The number of fused-ring (bicyclic) bond motifs is 1. The fourth-order valence-electron chi connectivity index (χ4n) is 4.56. The maximum Gasteiger partial charge on any atom is 0.331 e. The normalized spacial score (nSPS) is 12.8. The number of rotatable bonds is 12. The van der Waals surface area contributed by atoms with Crippen molar-refractivity contribution in [1.29, 1.82) is 0 Å². The molecule has 0 aliphatic heterocycles. The van der Waals surface area contributed by atoms with E-state index in [1.165, 1.54) is 13.8 Å². The molecule has 9 heteroatoms. The van der Waals surface area contributed by atoms with E-state index in [-0.39, 0.29) is 0 Å². The molecule has 4 rings (SSSR count). The van der Waals surface area contributed by atoms with E-state index >= 15 is 0 Å². The number of hydrogen-bond donors (Lipinski definition) is 0. The first-order valence-corrected chi connectivity index (χ1v) is 15.1. The average molecular weight is 586 g/mol. The maximum atomic E-state index is 13.5. The van der Waals surface area contributed by atoms with Gasteiger partial charge in [0.15, 0.2) is 0 Å². The first-order chi connectivity index (χ1) is 20.3. The Morgan fingerprint density at radius 2 is 1.50 bits per heavy atom. The van der Waals surface area contributed by atoms with E-state index in [4.69, 9.17) is 9.68 Å². The van der Waals surface area contributed by atoms with Gasteiger partial charge in [0.1, 0.15) is 0 Å². The zero-order valence-electron chi connectivity index (χ0n) is 24.3. The quantitative estimate of drug-likeness (QED) is 0.0751. The fraction of sp³-hybridized carbons (Fsp3) is 0.273. The van der Waals surface area contributed by atoms with Crippen LogP contribution in [0, 0.1) is 0 Å². The van der Waals surface area contributed by atoms with Crippen LogP contribution in [0.2, 0.25) is 0 Å². The largest absolute Gasteiger partial charge is 0.331 e. The van der Waals surface area contributed by atoms with Crippen LogP contribution in [0.1, 0.15) is 70.9 Å². The molecule has 0 N–H and O–H groups in total. The summed E-state index contributed by atoms with van der Waals surface area (Å²) in [5.41, 5.74) is 4.63. The maximum absolute atomic E-state index is 13.5. The summed E-state index contributed by atoms with van der Waals surface area (Å²) in [6.07, 6.45) is 6.75. The Kier molecular flexibility index (Phi) is 10.6. The highest BCUT2D eigenvalue weighted by Crippen LogP contribution is 2.30. The molecule has 1 atom stereocenters. The van der Waals surface area contributed by atoms with Gasteiger partial charge in [-0.1, -0.05) is 66.8 Å². The molecule has 1 heterocycles. The van der Waals surface area contributed by atoms with Gasteiger partial charge in [-0.2, -0.15) is 0 Å². The van der Waals surface area contributed by atoms with Gasteiger partial charge in [0.25, 0.3) is 0 Å². The molecule has 0 amide bonds. The first-order valence-electron chi connectivity index (χ1n) is 14.0. The molecule has 0 aliphatic carbocycles. The summed E-state index contributed by atoms with van der Waals surface area (Å²) >= 11 is 0. The Morgan fingerprint density at radius 3 is 2.17 bits per heavy atom. The molecule has 42 heavy (non-hydrogen) atoms. The summed E-state index contributed by atoms with van der Waals surface area (Å²) in [6, 6.07) is 22.8. The van der Waals surface area contributed by atoms with E-state index in [9.17, 15) is 13.8 Å². The van der Waals surface area contributed by atoms with Crippen molar-refractivity contribution in [1.82, 2.24) is 4.57 Å². The number of nitrogens with zero attached hydrogens (tertiary/aromatic N) is 3. The summed E-state index contributed by atoms with van der Waals surface area (Å²) in [7, 11) is -1.38. The molecule has 0 saturated heterocycles. The van der Waals surface area contributed by atoms with Gasteiger partial charge in [0.05, 0.1) is 27.7 Å². The number of unbranched alkanes of at least 4 members (excludes halogenated alkanes) is 3. The van der Waals surface area contributed by atoms with E-state index in [1.807, 2.05) is 83.6 Å². The van der Waals surface area contributed by atoms with Gasteiger partial charge in [-0.05, 0) is 67.8 Å². The molecule has 0 spiro atoms. The minimum Gasteiger partial charge on any atom is -0.318 e. The van der Waals surface area contributed by atoms with Gasteiger partial charge in [-0.15, -0.1) is 0 Å². The SMILES string of the molecule is CCCCCC/C(=N\OC(C)=O)c1cn(-c2ccc(/C(C)=N/OC(C)=O)cc2)c2ccc(S(=O)c3ccccc3)cc12. The van der Waals surface area contributed by atoms with Gasteiger partial charge >= 0.3 is 11.9 Å². The molecule has 0 saturated carbocycles. The van der Waals surface area contributed by atoms with Crippen molar-refractivity contribution in [2.45, 2.75) is 69.6 Å². The lowest BCUT2D eigenvalue weighted by Crippen LogP contribution is -2.04. The Balaban J connectivity index is 1.82. The molecule has 3 aromatic carbocycles. The van der Waals surface area contributed by atoms with E-state index < -0.39 is 22.7 Å². The second kappa shape index (κ2) is 14.5. The van der Waals surface area contributed by atoms with E-state index in [0.717, 1.165) is 53.4 Å². The smallest absolute Gasteiger partial charge is 0.318 e. The number of benzene rings is 3. The third-order valence-corrected chi connectivity index (χ3v) is 8.07. The highest BCUT2D eigenvalue weighted by atomic mass is 32.2. The number of carbonyl (C=O) groups is 2. The van der Waals surface area contributed by atoms with Crippen LogP contribution in [0.4, 0.5) is 0 Å². The summed E-state index contributed by atoms with van der Waals surface area (Å²) in [6.45, 7) is 6.56. The van der Waals surface area contributed by atoms with Crippen LogP contribution in [0.15, 0.2) is 99.1 Å². The van der Waals surface area contributed by atoms with Crippen LogP contribution in [0.3, 0.4) is 0 Å². The standard InChI is InChI=1S/C33H35N3O5S/c1-5-6-7-11-14-32(35-41-25(4)38)31-22-36(27-17-15-26(16-18-27)23(2)34-40-24(3)37)33-20-19-29(21-30(31)33)42(39)28-12-9-8-10-13-28/h8-10,12-13,15-22H,5-7,11,14H2,1-4H3/b34-23+,35-32+. The van der Waals surface area contributed by atoms with Crippen molar-refractivity contribution >= 4 is 45.1 Å². The zero-order valence-corrected chi connectivity index (χ0v) is 25.1. The van der Waals surface area contributed by atoms with Gasteiger partial charge in [0.2, 0.25) is 0 Å². The van der Waals surface area contributed by atoms with Gasteiger partial charge in [-0.25, -0.2) is 13.8 Å². The summed E-state index contributed by atoms with van der Waals surface area (Å²) in [5.74, 6) is -0.970. The van der Waals surface area contributed by atoms with Crippen molar-refractivity contribution in [2.24, 2.45) is 10.3 Å². The molecule has 0 bridgehead atoms. The van der Waals surface area contributed by atoms with Crippen molar-refractivity contribution < 1.29 is 23.5 Å². The van der Waals surface area contributed by atoms with E-state index in [2.05, 4.69) is 17.2 Å². The summed E-state index contributed by atoms with van der Waals surface area (Å²) in [4.78, 5) is 34.1. The Labute approximate surface area is 248 Å². The number of hydrogen-bond acceptors (Lipinski definition) is 7. The van der Waals surface area contributed by atoms with Gasteiger partial charge in [0, 0.05) is 46.5 Å². The molecule has 4 aromatic rings. The van der Waals surface area contributed by atoms with Crippen LogP contribution >= 0.6 is 0 Å². The Hall–Kier alpha value is -4.37. The Morgan fingerprint density at radius 1 is 0.810 bits per heavy atom. The van der Waals surface area contributed by atoms with E-state index in [1.54, 1.807) is 6.92 Å². The van der Waals surface area contributed by atoms with Crippen LogP contribution in [0.5, 0.6) is 0 Å². The minimum atomic E-state index is -1.38. The number of aromatic nitrogens is 1. The molecule has 8 nitrogen and oxygen atoms in total. The molecule has 0 radical (unpaired) electrons. The van der Waals surface area contributed by atoms with Crippen LogP contribution < -0.4 is 0 Å². The molecular formula is C33H35N3O5S. The second-order valence-electron chi connectivity index (χ2n) is 9.91. The lowest BCUT2D eigenvalue weighted by Gasteiger charge is -2.08. The van der Waals surface area contributed by atoms with Crippen LogP contribution in [-0.4, -0.2) is 32.1 Å². The highest BCUT2D eigenvalue weighted by molar-refractivity contribution is 7.85. The predicted octanol–water partition coefficient (Wildman–Crippen LogP) is 7.32. The fourth-order valence-corrected chi connectivity index (χ4v) is 5.66. The predicted molar refractivity (Wildman–Crippen MR) is 165 cm³/mol. The second-order valence-corrected chi connectivity index (χ2v) is 11.4. The third kappa shape index (κ3) is 7.67. The van der Waals surface area contributed by atoms with Crippen molar-refractivity contribution in [2.75, 3.05) is 0 Å².